The normalized spacial score (nSPS) is 12.9. The molecule has 1 saturated heterocycles. The maximum Gasteiger partial charge on any atom is 0.494 e. The van der Waals surface area contributed by atoms with Gasteiger partial charge < -0.3 is 9.31 Å². The van der Waals surface area contributed by atoms with Gasteiger partial charge in [-0.15, -0.1) is 0 Å². The summed E-state index contributed by atoms with van der Waals surface area (Å²) in [5.74, 6) is 1.43. The maximum atomic E-state index is 5.90. The van der Waals surface area contributed by atoms with Gasteiger partial charge in [0.15, 0.2) is 11.6 Å². The standard InChI is InChI=1S/C38H26N4.C28H18Br2N2.C11H16BNO2/c1-2-4-35(5-3-1)38-41-36(26-37(42-38)34-16-12-30(13-17-34)32-20-24-40-25-21-32)33-14-10-28(11-15-33)27-6-8-29(9-7-27)31-18-22-39-23-19-31;29-24-14-10-20(11-15-24)19-6-8-21(9-7-19)26-18-27(22-12-16-25(30)17-13-22)32-28(31-26)23-4-2-1-3-5-23;1-10(2)11(3,4)15-12(14-10)9-5-7-13-8-6-9/h1-26H;1-18H;5-8H,1-4H3. The molecule has 9 nitrogen and oxygen atoms in total. The fourth-order valence-electron chi connectivity index (χ4n) is 10.1. The van der Waals surface area contributed by atoms with Crippen LogP contribution in [0.4, 0.5) is 0 Å². The predicted octanol–water partition coefficient (Wildman–Crippen LogP) is 19.3. The van der Waals surface area contributed by atoms with Crippen LogP contribution in [0.15, 0.2) is 301 Å². The van der Waals surface area contributed by atoms with Crippen molar-refractivity contribution in [2.75, 3.05) is 0 Å². The smallest absolute Gasteiger partial charge is 0.399 e. The van der Waals surface area contributed by atoms with Gasteiger partial charge in [-0.05, 0) is 150 Å². The molecule has 0 unspecified atom stereocenters. The highest BCUT2D eigenvalue weighted by molar-refractivity contribution is 9.10. The zero-order valence-electron chi connectivity index (χ0n) is 49.5. The molecule has 0 saturated carbocycles. The number of nitrogens with zero attached hydrogens (tertiary/aromatic N) is 7. The molecule has 1 aliphatic rings. The Morgan fingerprint density at radius 1 is 0.270 bits per heavy atom. The first kappa shape index (κ1) is 59.6. The third-order valence-electron chi connectivity index (χ3n) is 15.9. The molecule has 8 aromatic carbocycles. The summed E-state index contributed by atoms with van der Waals surface area (Å²) in [6.07, 6.45) is 10.8. The van der Waals surface area contributed by atoms with Crippen molar-refractivity contribution in [1.82, 2.24) is 34.9 Å². The van der Waals surface area contributed by atoms with E-state index in [0.717, 1.165) is 98.6 Å². The van der Waals surface area contributed by atoms with Gasteiger partial charge in [-0.25, -0.2) is 19.9 Å². The van der Waals surface area contributed by atoms with Crippen LogP contribution in [0.3, 0.4) is 0 Å². The van der Waals surface area contributed by atoms with Crippen LogP contribution < -0.4 is 5.46 Å². The molecule has 5 aromatic heterocycles. The number of hydrogen-bond donors (Lipinski definition) is 0. The van der Waals surface area contributed by atoms with Gasteiger partial charge in [-0.1, -0.05) is 214 Å². The predicted molar refractivity (Wildman–Crippen MR) is 369 cm³/mol. The molecule has 0 amide bonds. The van der Waals surface area contributed by atoms with E-state index in [4.69, 9.17) is 29.2 Å². The van der Waals surface area contributed by atoms with Gasteiger partial charge >= 0.3 is 7.12 Å². The van der Waals surface area contributed by atoms with Crippen LogP contribution in [0.25, 0.3) is 112 Å². The molecule has 432 valence electrons. The van der Waals surface area contributed by atoms with E-state index in [1.165, 1.54) is 22.3 Å². The molecule has 1 fully saturated rings. The third-order valence-corrected chi connectivity index (χ3v) is 16.9. The summed E-state index contributed by atoms with van der Waals surface area (Å²) in [4.78, 5) is 32.0. The number of halogens is 2. The van der Waals surface area contributed by atoms with Crippen molar-refractivity contribution in [2.24, 2.45) is 0 Å². The molecule has 0 radical (unpaired) electrons. The minimum atomic E-state index is -0.280. The molecule has 0 aliphatic carbocycles. The zero-order valence-corrected chi connectivity index (χ0v) is 52.7. The molecular weight excluding hydrogens is 1230 g/mol. The van der Waals surface area contributed by atoms with E-state index in [-0.39, 0.29) is 18.3 Å². The Hall–Kier alpha value is -9.69. The summed E-state index contributed by atoms with van der Waals surface area (Å²) in [6.45, 7) is 8.20. The van der Waals surface area contributed by atoms with Gasteiger partial charge in [-0.3, -0.25) is 15.0 Å². The molecule has 12 heteroatoms. The number of rotatable bonds is 11. The second-order valence-electron chi connectivity index (χ2n) is 22.3. The van der Waals surface area contributed by atoms with Crippen molar-refractivity contribution in [3.05, 3.63) is 301 Å². The molecule has 0 bridgehead atoms. The van der Waals surface area contributed by atoms with Gasteiger partial charge in [0.2, 0.25) is 0 Å². The van der Waals surface area contributed by atoms with Crippen molar-refractivity contribution < 1.29 is 9.31 Å². The molecular formula is C77H60BBr2N7O2. The minimum Gasteiger partial charge on any atom is -0.399 e. The van der Waals surface area contributed by atoms with Gasteiger partial charge in [0.1, 0.15) is 0 Å². The van der Waals surface area contributed by atoms with Crippen molar-refractivity contribution in [3.8, 4) is 112 Å². The van der Waals surface area contributed by atoms with Gasteiger partial charge in [-0.2, -0.15) is 0 Å². The van der Waals surface area contributed by atoms with Crippen LogP contribution in [0.1, 0.15) is 27.7 Å². The average molecular weight is 1290 g/mol. The molecule has 0 N–H and O–H groups in total. The monoisotopic (exact) mass is 1280 g/mol. The Morgan fingerprint density at radius 2 is 0.506 bits per heavy atom. The third kappa shape index (κ3) is 14.5. The molecule has 14 rings (SSSR count). The topological polar surface area (TPSA) is 109 Å². The van der Waals surface area contributed by atoms with E-state index in [9.17, 15) is 0 Å². The van der Waals surface area contributed by atoms with Crippen LogP contribution >= 0.6 is 31.9 Å². The molecule has 0 spiro atoms. The first-order valence-corrected chi connectivity index (χ1v) is 30.9. The first-order chi connectivity index (χ1) is 43.4. The Morgan fingerprint density at radius 3 is 0.798 bits per heavy atom. The lowest BCUT2D eigenvalue weighted by Gasteiger charge is -2.32. The number of benzene rings is 8. The summed E-state index contributed by atoms with van der Waals surface area (Å²) in [5, 5.41) is 0. The van der Waals surface area contributed by atoms with Crippen molar-refractivity contribution in [1.29, 1.82) is 0 Å². The highest BCUT2D eigenvalue weighted by Gasteiger charge is 2.51. The summed E-state index contributed by atoms with van der Waals surface area (Å²) >= 11 is 7.01. The highest BCUT2D eigenvalue weighted by Crippen LogP contribution is 2.37. The van der Waals surface area contributed by atoms with Gasteiger partial charge in [0.05, 0.1) is 34.0 Å². The van der Waals surface area contributed by atoms with Crippen LogP contribution in [0.5, 0.6) is 0 Å². The lowest BCUT2D eigenvalue weighted by atomic mass is 9.80. The Labute approximate surface area is 537 Å². The van der Waals surface area contributed by atoms with Crippen LogP contribution in [-0.2, 0) is 9.31 Å². The quantitative estimate of drug-likeness (QED) is 0.117. The highest BCUT2D eigenvalue weighted by atomic mass is 79.9. The van der Waals surface area contributed by atoms with Crippen molar-refractivity contribution in [2.45, 2.75) is 38.9 Å². The molecule has 1 aliphatic heterocycles. The van der Waals surface area contributed by atoms with E-state index in [0.29, 0.717) is 5.82 Å². The summed E-state index contributed by atoms with van der Waals surface area (Å²) in [7, 11) is -0.280. The lowest BCUT2D eigenvalue weighted by Crippen LogP contribution is -2.41. The first-order valence-electron chi connectivity index (χ1n) is 29.3. The largest absolute Gasteiger partial charge is 0.494 e. The summed E-state index contributed by atoms with van der Waals surface area (Å²) in [5.41, 5.74) is 19.5. The molecule has 89 heavy (non-hydrogen) atoms. The fraction of sp³-hybridized carbons (Fsp3) is 0.0779. The van der Waals surface area contributed by atoms with E-state index in [1.54, 1.807) is 12.4 Å². The van der Waals surface area contributed by atoms with E-state index < -0.39 is 0 Å². The zero-order chi connectivity index (χ0) is 61.2. The lowest BCUT2D eigenvalue weighted by molar-refractivity contribution is 0.00578. The van der Waals surface area contributed by atoms with Crippen LogP contribution in [0.2, 0.25) is 0 Å². The number of pyridine rings is 3. The maximum absolute atomic E-state index is 5.90. The van der Waals surface area contributed by atoms with Gasteiger partial charge in [0.25, 0.3) is 0 Å². The summed E-state index contributed by atoms with van der Waals surface area (Å²) in [6, 6.07) is 87.1. The average Bonchev–Trinajstić information content (AvgIpc) is 1.93. The van der Waals surface area contributed by atoms with Crippen molar-refractivity contribution in [3.63, 3.8) is 0 Å². The fourth-order valence-corrected chi connectivity index (χ4v) is 10.7. The second kappa shape index (κ2) is 27.1. The van der Waals surface area contributed by atoms with Crippen LogP contribution in [-0.4, -0.2) is 53.2 Å². The molecule has 0 atom stereocenters. The minimum absolute atomic E-state index is 0.277. The van der Waals surface area contributed by atoms with Crippen LogP contribution in [0, 0.1) is 0 Å². The van der Waals surface area contributed by atoms with E-state index >= 15 is 0 Å². The second-order valence-corrected chi connectivity index (χ2v) is 24.2. The Kier molecular flexibility index (Phi) is 18.2. The SMILES string of the molecule is Brc1ccc(-c2ccc(-c3cc(-c4ccc(Br)cc4)nc(-c4ccccc4)n3)cc2)cc1.CC1(C)OB(c2ccncc2)OC1(C)C.c1ccc(-c2nc(-c3ccc(-c4ccncc4)cc3)cc(-c3ccc(-c4ccc(-c5ccncc5)cc4)cc3)n2)cc1. The van der Waals surface area contributed by atoms with Crippen molar-refractivity contribution >= 4 is 44.4 Å². The number of hydrogen-bond acceptors (Lipinski definition) is 9. The van der Waals surface area contributed by atoms with E-state index in [2.05, 4.69) is 192 Å². The Bertz CT molecular complexity index is 4430. The molecule has 13 aromatic rings. The van der Waals surface area contributed by atoms with Gasteiger partial charge in [0, 0.05) is 79.5 Å². The summed E-state index contributed by atoms with van der Waals surface area (Å²) < 4.78 is 13.9. The van der Waals surface area contributed by atoms with E-state index in [1.807, 2.05) is 162 Å². The molecule has 6 heterocycles. The Balaban J connectivity index is 0.000000144. The number of aromatic nitrogens is 7.